The van der Waals surface area contributed by atoms with Gasteiger partial charge >= 0.3 is 0 Å². The molecule has 1 atom stereocenters. The average molecular weight is 277 g/mol. The van der Waals surface area contributed by atoms with Crippen molar-refractivity contribution in [3.8, 4) is 0 Å². The summed E-state index contributed by atoms with van der Waals surface area (Å²) in [6.45, 7) is 2.57. The van der Waals surface area contributed by atoms with Gasteiger partial charge in [0.1, 0.15) is 0 Å². The molecule has 0 radical (unpaired) electrons. The molecule has 2 rings (SSSR count). The number of tetrazole rings is 1. The molecule has 0 aliphatic rings. The number of hydrogen-bond acceptors (Lipinski definition) is 4. The molecule has 2 aromatic rings. The zero-order valence-corrected chi connectivity index (χ0v) is 10.9. The van der Waals surface area contributed by atoms with Crippen molar-refractivity contribution in [2.24, 2.45) is 0 Å². The van der Waals surface area contributed by atoms with Gasteiger partial charge < -0.3 is 0 Å². The van der Waals surface area contributed by atoms with Crippen molar-refractivity contribution >= 4 is 34.5 Å². The maximum absolute atomic E-state index is 5.95. The van der Waals surface area contributed by atoms with Gasteiger partial charge in [-0.15, -0.1) is 28.0 Å². The standard InChI is InChI=1S/C9H10Cl2N4S/c1-6(10)9-12-13-14-15(9)5-4-7-2-3-8(11)16-7/h2-3,6H,4-5H2,1H3. The van der Waals surface area contributed by atoms with Crippen molar-refractivity contribution in [1.82, 2.24) is 20.2 Å². The second-order valence-corrected chi connectivity index (χ2v) is 5.79. The van der Waals surface area contributed by atoms with E-state index in [1.165, 1.54) is 4.88 Å². The number of halogens is 2. The predicted octanol–water partition coefficient (Wildman–Crippen LogP) is 2.93. The lowest BCUT2D eigenvalue weighted by Crippen LogP contribution is -2.08. The van der Waals surface area contributed by atoms with E-state index >= 15 is 0 Å². The summed E-state index contributed by atoms with van der Waals surface area (Å²) < 4.78 is 2.53. The fourth-order valence-electron chi connectivity index (χ4n) is 1.36. The van der Waals surface area contributed by atoms with Crippen LogP contribution in [0.1, 0.15) is 23.0 Å². The lowest BCUT2D eigenvalue weighted by Gasteiger charge is -2.04. The molecular formula is C9H10Cl2N4S. The number of hydrogen-bond donors (Lipinski definition) is 0. The van der Waals surface area contributed by atoms with Gasteiger partial charge in [0.25, 0.3) is 0 Å². The highest BCUT2D eigenvalue weighted by Crippen LogP contribution is 2.22. The zero-order chi connectivity index (χ0) is 11.5. The third-order valence-electron chi connectivity index (χ3n) is 2.11. The van der Waals surface area contributed by atoms with Crippen LogP contribution in [0.5, 0.6) is 0 Å². The average Bonchev–Trinajstić information content (AvgIpc) is 2.83. The Morgan fingerprint density at radius 1 is 1.50 bits per heavy atom. The summed E-state index contributed by atoms with van der Waals surface area (Å²) in [7, 11) is 0. The molecule has 4 nitrogen and oxygen atoms in total. The van der Waals surface area contributed by atoms with E-state index in [4.69, 9.17) is 23.2 Å². The minimum atomic E-state index is -0.179. The van der Waals surface area contributed by atoms with Gasteiger partial charge in [-0.05, 0) is 29.5 Å². The Morgan fingerprint density at radius 3 is 2.94 bits per heavy atom. The van der Waals surface area contributed by atoms with Crippen molar-refractivity contribution in [3.05, 3.63) is 27.2 Å². The predicted molar refractivity (Wildman–Crippen MR) is 65.1 cm³/mol. The van der Waals surface area contributed by atoms with Gasteiger partial charge in [0.2, 0.25) is 0 Å². The fraction of sp³-hybridized carbons (Fsp3) is 0.444. The second-order valence-electron chi connectivity index (χ2n) is 3.33. The molecule has 0 bridgehead atoms. The molecule has 0 saturated heterocycles. The van der Waals surface area contributed by atoms with E-state index in [-0.39, 0.29) is 5.38 Å². The molecule has 0 fully saturated rings. The molecule has 0 N–H and O–H groups in total. The zero-order valence-electron chi connectivity index (χ0n) is 8.60. The van der Waals surface area contributed by atoms with Gasteiger partial charge in [0.05, 0.1) is 9.71 Å². The highest BCUT2D eigenvalue weighted by molar-refractivity contribution is 7.16. The highest BCUT2D eigenvalue weighted by Gasteiger charge is 2.11. The van der Waals surface area contributed by atoms with E-state index in [1.54, 1.807) is 16.0 Å². The topological polar surface area (TPSA) is 43.6 Å². The van der Waals surface area contributed by atoms with Crippen molar-refractivity contribution in [3.63, 3.8) is 0 Å². The molecule has 0 saturated carbocycles. The summed E-state index contributed by atoms with van der Waals surface area (Å²) in [6.07, 6.45) is 0.860. The first-order chi connectivity index (χ1) is 7.66. The first kappa shape index (κ1) is 11.8. The molecule has 0 aliphatic heterocycles. The molecule has 2 heterocycles. The Bertz CT molecular complexity index is 466. The highest BCUT2D eigenvalue weighted by atomic mass is 35.5. The van der Waals surface area contributed by atoms with Crippen LogP contribution in [0.15, 0.2) is 12.1 Å². The SMILES string of the molecule is CC(Cl)c1nnnn1CCc1ccc(Cl)s1. The minimum absolute atomic E-state index is 0.179. The van der Waals surface area contributed by atoms with Gasteiger partial charge in [0.15, 0.2) is 5.82 Å². The summed E-state index contributed by atoms with van der Waals surface area (Å²) >= 11 is 13.4. The Balaban J connectivity index is 2.02. The van der Waals surface area contributed by atoms with Crippen LogP contribution in [-0.4, -0.2) is 20.2 Å². The molecule has 0 aromatic carbocycles. The van der Waals surface area contributed by atoms with Gasteiger partial charge in [-0.3, -0.25) is 0 Å². The summed E-state index contributed by atoms with van der Waals surface area (Å²) in [4.78, 5) is 1.22. The molecular weight excluding hydrogens is 267 g/mol. The van der Waals surface area contributed by atoms with Gasteiger partial charge in [-0.2, -0.15) is 0 Å². The summed E-state index contributed by atoms with van der Waals surface area (Å²) in [5.41, 5.74) is 0. The van der Waals surface area contributed by atoms with Gasteiger partial charge in [0, 0.05) is 17.8 Å². The number of aromatic nitrogens is 4. The van der Waals surface area contributed by atoms with Crippen LogP contribution in [0.3, 0.4) is 0 Å². The third kappa shape index (κ3) is 2.72. The van der Waals surface area contributed by atoms with E-state index in [0.717, 1.165) is 17.3 Å². The van der Waals surface area contributed by atoms with Crippen molar-refractivity contribution < 1.29 is 0 Å². The van der Waals surface area contributed by atoms with Crippen LogP contribution >= 0.6 is 34.5 Å². The van der Waals surface area contributed by atoms with E-state index in [9.17, 15) is 0 Å². The number of alkyl halides is 1. The molecule has 2 aromatic heterocycles. The Labute approximate surface area is 107 Å². The largest absolute Gasteiger partial charge is 0.228 e. The number of nitrogens with zero attached hydrogens (tertiary/aromatic N) is 4. The van der Waals surface area contributed by atoms with Crippen LogP contribution in [0.4, 0.5) is 0 Å². The Morgan fingerprint density at radius 2 is 2.31 bits per heavy atom. The minimum Gasteiger partial charge on any atom is -0.228 e. The summed E-state index contributed by atoms with van der Waals surface area (Å²) in [6, 6.07) is 3.91. The van der Waals surface area contributed by atoms with Gasteiger partial charge in [-0.1, -0.05) is 11.6 Å². The lowest BCUT2D eigenvalue weighted by atomic mass is 10.3. The summed E-state index contributed by atoms with van der Waals surface area (Å²) in [5.74, 6) is 0.698. The van der Waals surface area contributed by atoms with Crippen LogP contribution in [0.25, 0.3) is 0 Å². The molecule has 1 unspecified atom stereocenters. The van der Waals surface area contributed by atoms with Crippen LogP contribution in [0, 0.1) is 0 Å². The first-order valence-electron chi connectivity index (χ1n) is 4.81. The molecule has 86 valence electrons. The second kappa shape index (κ2) is 5.12. The molecule has 0 aliphatic carbocycles. The Hall–Kier alpha value is -0.650. The number of rotatable bonds is 4. The number of thiophene rings is 1. The van der Waals surface area contributed by atoms with E-state index in [1.807, 2.05) is 19.1 Å². The molecule has 16 heavy (non-hydrogen) atoms. The van der Waals surface area contributed by atoms with E-state index in [2.05, 4.69) is 15.5 Å². The molecule has 0 spiro atoms. The van der Waals surface area contributed by atoms with Crippen molar-refractivity contribution in [1.29, 1.82) is 0 Å². The van der Waals surface area contributed by atoms with E-state index < -0.39 is 0 Å². The number of aryl methyl sites for hydroxylation is 2. The molecule has 7 heteroatoms. The van der Waals surface area contributed by atoms with Crippen LogP contribution < -0.4 is 0 Å². The quantitative estimate of drug-likeness (QED) is 0.807. The van der Waals surface area contributed by atoms with Crippen LogP contribution in [0.2, 0.25) is 4.34 Å². The van der Waals surface area contributed by atoms with Crippen molar-refractivity contribution in [2.75, 3.05) is 0 Å². The Kier molecular flexibility index (Phi) is 3.78. The maximum atomic E-state index is 5.95. The third-order valence-corrected chi connectivity index (χ3v) is 3.60. The van der Waals surface area contributed by atoms with Gasteiger partial charge in [-0.25, -0.2) is 4.68 Å². The van der Waals surface area contributed by atoms with E-state index in [0.29, 0.717) is 5.82 Å². The lowest BCUT2D eigenvalue weighted by molar-refractivity contribution is 0.566. The normalized spacial score (nSPS) is 12.9. The summed E-state index contributed by atoms with van der Waals surface area (Å²) in [5, 5.41) is 11.2. The smallest absolute Gasteiger partial charge is 0.168 e. The van der Waals surface area contributed by atoms with Crippen molar-refractivity contribution in [2.45, 2.75) is 25.3 Å². The fourth-order valence-corrected chi connectivity index (χ4v) is 2.59. The monoisotopic (exact) mass is 276 g/mol. The van der Waals surface area contributed by atoms with Crippen LogP contribution in [-0.2, 0) is 13.0 Å². The molecule has 0 amide bonds. The first-order valence-corrected chi connectivity index (χ1v) is 6.44. The maximum Gasteiger partial charge on any atom is 0.168 e.